The monoisotopic (exact) mass is 328 g/mol. The smallest absolute Gasteiger partial charge is 0.281 e. The normalized spacial score (nSPS) is 15.7. The molecule has 1 aliphatic heterocycles. The summed E-state index contributed by atoms with van der Waals surface area (Å²) in [6.45, 7) is 5.80. The molecule has 0 aromatic heterocycles. The highest BCUT2D eigenvalue weighted by molar-refractivity contribution is 7.86. The van der Waals surface area contributed by atoms with Crippen molar-refractivity contribution in [2.45, 2.75) is 26.8 Å². The van der Waals surface area contributed by atoms with E-state index < -0.39 is 10.2 Å². The maximum absolute atomic E-state index is 12.3. The van der Waals surface area contributed by atoms with Crippen LogP contribution in [0.5, 0.6) is 11.5 Å². The van der Waals surface area contributed by atoms with E-state index in [4.69, 9.17) is 9.47 Å². The van der Waals surface area contributed by atoms with E-state index in [1.165, 1.54) is 8.61 Å². The van der Waals surface area contributed by atoms with Crippen molar-refractivity contribution in [3.63, 3.8) is 0 Å². The molecular formula is C15H24N2O4S. The summed E-state index contributed by atoms with van der Waals surface area (Å²) in [6, 6.07) is 3.88. The summed E-state index contributed by atoms with van der Waals surface area (Å²) >= 11 is 0. The van der Waals surface area contributed by atoms with Gasteiger partial charge in [0.2, 0.25) is 0 Å². The van der Waals surface area contributed by atoms with Gasteiger partial charge in [-0.3, -0.25) is 0 Å². The minimum Gasteiger partial charge on any atom is -0.490 e. The third-order valence-corrected chi connectivity index (χ3v) is 5.52. The first kappa shape index (κ1) is 17.1. The highest BCUT2D eigenvalue weighted by Crippen LogP contribution is 2.34. The lowest BCUT2D eigenvalue weighted by Crippen LogP contribution is -2.42. The summed E-state index contributed by atoms with van der Waals surface area (Å²) in [5.41, 5.74) is 2.10. The van der Waals surface area contributed by atoms with Gasteiger partial charge in [0, 0.05) is 27.2 Å². The highest BCUT2D eigenvalue weighted by atomic mass is 32.2. The molecule has 1 aliphatic rings. The number of hydrogen-bond donors (Lipinski definition) is 0. The van der Waals surface area contributed by atoms with Crippen LogP contribution in [0.3, 0.4) is 0 Å². The van der Waals surface area contributed by atoms with Gasteiger partial charge < -0.3 is 9.47 Å². The number of hydrogen-bond acceptors (Lipinski definition) is 4. The fourth-order valence-electron chi connectivity index (χ4n) is 2.50. The van der Waals surface area contributed by atoms with Gasteiger partial charge in [0.15, 0.2) is 11.5 Å². The van der Waals surface area contributed by atoms with E-state index in [9.17, 15) is 8.42 Å². The Morgan fingerprint density at radius 2 is 1.64 bits per heavy atom. The molecule has 2 rings (SSSR count). The van der Waals surface area contributed by atoms with Crippen LogP contribution in [-0.4, -0.2) is 50.9 Å². The van der Waals surface area contributed by atoms with E-state index >= 15 is 0 Å². The molecule has 22 heavy (non-hydrogen) atoms. The molecule has 1 heterocycles. The van der Waals surface area contributed by atoms with Crippen molar-refractivity contribution in [1.29, 1.82) is 0 Å². The van der Waals surface area contributed by atoms with Crippen LogP contribution < -0.4 is 9.47 Å². The molecule has 0 radical (unpaired) electrons. The van der Waals surface area contributed by atoms with Gasteiger partial charge in [0.25, 0.3) is 10.2 Å². The van der Waals surface area contributed by atoms with E-state index in [0.717, 1.165) is 16.9 Å². The van der Waals surface area contributed by atoms with Gasteiger partial charge in [-0.15, -0.1) is 0 Å². The van der Waals surface area contributed by atoms with Crippen LogP contribution in [0.4, 0.5) is 0 Å². The molecule has 0 aliphatic carbocycles. The number of benzene rings is 1. The lowest BCUT2D eigenvalue weighted by Gasteiger charge is -2.30. The summed E-state index contributed by atoms with van der Waals surface area (Å²) in [5, 5.41) is 0. The SMILES string of the molecule is CCOc1cc2c(cc1OCC)CN(S(=O)(=O)N(C)C)CC2. The van der Waals surface area contributed by atoms with Crippen LogP contribution >= 0.6 is 0 Å². The van der Waals surface area contributed by atoms with Crippen LogP contribution in [0.15, 0.2) is 12.1 Å². The molecule has 0 bridgehead atoms. The Morgan fingerprint density at radius 3 is 2.14 bits per heavy atom. The molecule has 0 saturated carbocycles. The minimum atomic E-state index is -3.39. The lowest BCUT2D eigenvalue weighted by atomic mass is 10.0. The summed E-state index contributed by atoms with van der Waals surface area (Å²) in [7, 11) is -0.293. The van der Waals surface area contributed by atoms with Gasteiger partial charge in [0.05, 0.1) is 13.2 Å². The maximum atomic E-state index is 12.3. The highest BCUT2D eigenvalue weighted by Gasteiger charge is 2.29. The van der Waals surface area contributed by atoms with Crippen molar-refractivity contribution in [2.24, 2.45) is 0 Å². The number of rotatable bonds is 6. The second-order valence-electron chi connectivity index (χ2n) is 5.31. The fraction of sp³-hybridized carbons (Fsp3) is 0.600. The van der Waals surface area contributed by atoms with Gasteiger partial charge in [-0.1, -0.05) is 0 Å². The van der Waals surface area contributed by atoms with Crippen molar-refractivity contribution in [3.8, 4) is 11.5 Å². The molecule has 0 fully saturated rings. The Morgan fingerprint density at radius 1 is 1.09 bits per heavy atom. The quantitative estimate of drug-likeness (QED) is 0.797. The van der Waals surface area contributed by atoms with Crippen molar-refractivity contribution >= 4 is 10.2 Å². The Kier molecular flexibility index (Phi) is 5.31. The number of ether oxygens (including phenoxy) is 2. The number of nitrogens with zero attached hydrogens (tertiary/aromatic N) is 2. The average Bonchev–Trinajstić information content (AvgIpc) is 2.47. The molecule has 0 N–H and O–H groups in total. The van der Waals surface area contributed by atoms with Crippen molar-refractivity contribution in [1.82, 2.24) is 8.61 Å². The van der Waals surface area contributed by atoms with Crippen LogP contribution in [0, 0.1) is 0 Å². The van der Waals surface area contributed by atoms with Gasteiger partial charge in [0.1, 0.15) is 0 Å². The van der Waals surface area contributed by atoms with E-state index in [2.05, 4.69) is 0 Å². The van der Waals surface area contributed by atoms with Gasteiger partial charge in [-0.25, -0.2) is 0 Å². The molecule has 1 aromatic carbocycles. The van der Waals surface area contributed by atoms with E-state index in [-0.39, 0.29) is 0 Å². The summed E-state index contributed by atoms with van der Waals surface area (Å²) in [5.74, 6) is 1.40. The third kappa shape index (κ3) is 3.37. The predicted molar refractivity (Wildman–Crippen MR) is 85.5 cm³/mol. The van der Waals surface area contributed by atoms with Crippen LogP contribution in [0.1, 0.15) is 25.0 Å². The molecule has 0 spiro atoms. The zero-order chi connectivity index (χ0) is 16.3. The van der Waals surface area contributed by atoms with Crippen LogP contribution in [0.2, 0.25) is 0 Å². The first-order chi connectivity index (χ1) is 10.4. The molecular weight excluding hydrogens is 304 g/mol. The first-order valence-corrected chi connectivity index (χ1v) is 8.88. The summed E-state index contributed by atoms with van der Waals surface area (Å²) in [4.78, 5) is 0. The van der Waals surface area contributed by atoms with E-state index in [1.807, 2.05) is 26.0 Å². The summed E-state index contributed by atoms with van der Waals surface area (Å²) < 4.78 is 38.5. The molecule has 6 nitrogen and oxygen atoms in total. The molecule has 0 unspecified atom stereocenters. The Labute approximate surface area is 132 Å². The van der Waals surface area contributed by atoms with Gasteiger partial charge >= 0.3 is 0 Å². The van der Waals surface area contributed by atoms with Gasteiger partial charge in [-0.2, -0.15) is 17.0 Å². The van der Waals surface area contributed by atoms with Crippen LogP contribution in [0.25, 0.3) is 0 Å². The van der Waals surface area contributed by atoms with E-state index in [0.29, 0.717) is 38.5 Å². The zero-order valence-electron chi connectivity index (χ0n) is 13.6. The molecule has 1 aromatic rings. The van der Waals surface area contributed by atoms with Crippen molar-refractivity contribution < 1.29 is 17.9 Å². The summed E-state index contributed by atoms with van der Waals surface area (Å²) in [6.07, 6.45) is 0.675. The molecule has 7 heteroatoms. The molecule has 0 atom stereocenters. The fourth-order valence-corrected chi connectivity index (χ4v) is 3.59. The maximum Gasteiger partial charge on any atom is 0.281 e. The third-order valence-electron chi connectivity index (χ3n) is 3.63. The topological polar surface area (TPSA) is 59.1 Å². The van der Waals surface area contributed by atoms with E-state index in [1.54, 1.807) is 14.1 Å². The molecule has 0 saturated heterocycles. The average molecular weight is 328 g/mol. The van der Waals surface area contributed by atoms with Crippen LogP contribution in [-0.2, 0) is 23.2 Å². The first-order valence-electron chi connectivity index (χ1n) is 7.49. The Hall–Kier alpha value is -1.31. The standard InChI is InChI=1S/C15H24N2O4S/c1-5-20-14-9-12-7-8-17(22(18,19)16(3)4)11-13(12)10-15(14)21-6-2/h9-10H,5-8,11H2,1-4H3. The Balaban J connectivity index is 2.33. The largest absolute Gasteiger partial charge is 0.490 e. The Bertz CT molecular complexity index is 629. The zero-order valence-corrected chi connectivity index (χ0v) is 14.4. The second-order valence-corrected chi connectivity index (χ2v) is 7.45. The lowest BCUT2D eigenvalue weighted by molar-refractivity contribution is 0.285. The predicted octanol–water partition coefficient (Wildman–Crippen LogP) is 1.65. The molecule has 124 valence electrons. The van der Waals surface area contributed by atoms with Gasteiger partial charge in [-0.05, 0) is 43.5 Å². The van der Waals surface area contributed by atoms with Crippen molar-refractivity contribution in [2.75, 3.05) is 33.9 Å². The second kappa shape index (κ2) is 6.85. The minimum absolute atomic E-state index is 0.363. The van der Waals surface area contributed by atoms with Crippen molar-refractivity contribution in [3.05, 3.63) is 23.3 Å². The molecule has 0 amide bonds. The number of fused-ring (bicyclic) bond motifs is 1.